The van der Waals surface area contributed by atoms with Gasteiger partial charge in [-0.05, 0) is 24.5 Å². The summed E-state index contributed by atoms with van der Waals surface area (Å²) in [6.07, 6.45) is 2.38. The predicted molar refractivity (Wildman–Crippen MR) is 63.2 cm³/mol. The third kappa shape index (κ3) is 1.14. The lowest BCUT2D eigenvalue weighted by molar-refractivity contribution is 0.664. The van der Waals surface area contributed by atoms with E-state index in [0.717, 1.165) is 13.1 Å². The fraction of sp³-hybridized carbons (Fsp3) is 0.538. The third-order valence-corrected chi connectivity index (χ3v) is 3.88. The van der Waals surface area contributed by atoms with Gasteiger partial charge in [0.1, 0.15) is 0 Å². The van der Waals surface area contributed by atoms with E-state index in [-0.39, 0.29) is 0 Å². The lowest BCUT2D eigenvalue weighted by atomic mass is 9.98. The molecule has 0 aromatic heterocycles. The number of rotatable bonds is 2. The van der Waals surface area contributed by atoms with Crippen molar-refractivity contribution in [2.24, 2.45) is 5.73 Å². The van der Waals surface area contributed by atoms with Crippen molar-refractivity contribution in [3.8, 4) is 0 Å². The fourth-order valence-electron chi connectivity index (χ4n) is 2.98. The fourth-order valence-corrected chi connectivity index (χ4v) is 2.98. The third-order valence-electron chi connectivity index (χ3n) is 3.88. The van der Waals surface area contributed by atoms with Crippen molar-refractivity contribution in [3.05, 3.63) is 29.8 Å². The van der Waals surface area contributed by atoms with Gasteiger partial charge in [-0.2, -0.15) is 0 Å². The van der Waals surface area contributed by atoms with Gasteiger partial charge in [0.05, 0.1) is 0 Å². The molecule has 2 N–H and O–H groups in total. The number of fused-ring (bicyclic) bond motifs is 2. The number of nitrogens with zero attached hydrogens (tertiary/aromatic N) is 1. The molecule has 1 aromatic carbocycles. The first-order valence-electron chi connectivity index (χ1n) is 5.88. The summed E-state index contributed by atoms with van der Waals surface area (Å²) < 4.78 is 0. The molecule has 0 bridgehead atoms. The summed E-state index contributed by atoms with van der Waals surface area (Å²) in [7, 11) is 0. The number of benzene rings is 1. The highest BCUT2D eigenvalue weighted by atomic mass is 15.2. The minimum Gasteiger partial charge on any atom is -0.370 e. The van der Waals surface area contributed by atoms with Crippen LogP contribution in [0.15, 0.2) is 24.3 Å². The second-order valence-corrected chi connectivity index (χ2v) is 4.91. The molecule has 1 aliphatic carbocycles. The Bertz CT molecular complexity index is 388. The van der Waals surface area contributed by atoms with E-state index in [9.17, 15) is 0 Å². The van der Waals surface area contributed by atoms with E-state index in [2.05, 4.69) is 36.1 Å². The van der Waals surface area contributed by atoms with Crippen molar-refractivity contribution in [1.82, 2.24) is 0 Å². The molecule has 2 heteroatoms. The SMILES string of the molecule is CCCN1CC2(CC2N)c2ccccc21. The molecule has 1 heterocycles. The number of anilines is 1. The smallest absolute Gasteiger partial charge is 0.0406 e. The molecule has 0 amide bonds. The molecule has 0 radical (unpaired) electrons. The number of hydrogen-bond donors (Lipinski definition) is 1. The highest BCUT2D eigenvalue weighted by Crippen LogP contribution is 2.55. The van der Waals surface area contributed by atoms with Crippen molar-refractivity contribution in [2.75, 3.05) is 18.0 Å². The number of hydrogen-bond acceptors (Lipinski definition) is 2. The molecule has 2 unspecified atom stereocenters. The van der Waals surface area contributed by atoms with Crippen molar-refractivity contribution in [3.63, 3.8) is 0 Å². The van der Waals surface area contributed by atoms with Crippen LogP contribution in [-0.4, -0.2) is 19.1 Å². The molecule has 15 heavy (non-hydrogen) atoms. The Morgan fingerprint density at radius 2 is 2.20 bits per heavy atom. The van der Waals surface area contributed by atoms with Crippen LogP contribution in [0.2, 0.25) is 0 Å². The maximum Gasteiger partial charge on any atom is 0.0406 e. The summed E-state index contributed by atoms with van der Waals surface area (Å²) in [5, 5.41) is 0. The summed E-state index contributed by atoms with van der Waals surface area (Å²) in [5.74, 6) is 0. The maximum atomic E-state index is 6.11. The van der Waals surface area contributed by atoms with Gasteiger partial charge in [0.25, 0.3) is 0 Å². The van der Waals surface area contributed by atoms with Crippen LogP contribution in [0.1, 0.15) is 25.3 Å². The Kier molecular flexibility index (Phi) is 1.84. The maximum absolute atomic E-state index is 6.11. The molecule has 1 fully saturated rings. The standard InChI is InChI=1S/C13H18N2/c1-2-7-15-9-13(8-12(13)14)10-5-3-4-6-11(10)15/h3-6,12H,2,7-9,14H2,1H3. The number of para-hydroxylation sites is 1. The van der Waals surface area contributed by atoms with Crippen LogP contribution in [0.4, 0.5) is 5.69 Å². The van der Waals surface area contributed by atoms with Gasteiger partial charge in [0.2, 0.25) is 0 Å². The molecular weight excluding hydrogens is 184 g/mol. The summed E-state index contributed by atoms with van der Waals surface area (Å²) >= 11 is 0. The van der Waals surface area contributed by atoms with Crippen LogP contribution in [0.5, 0.6) is 0 Å². The van der Waals surface area contributed by atoms with Gasteiger partial charge in [-0.25, -0.2) is 0 Å². The molecule has 1 spiro atoms. The Labute approximate surface area is 91.1 Å². The summed E-state index contributed by atoms with van der Waals surface area (Å²) in [4.78, 5) is 2.50. The van der Waals surface area contributed by atoms with E-state index in [1.54, 1.807) is 0 Å². The summed E-state index contributed by atoms with van der Waals surface area (Å²) in [5.41, 5.74) is 9.34. The topological polar surface area (TPSA) is 29.3 Å². The van der Waals surface area contributed by atoms with Crippen LogP contribution < -0.4 is 10.6 Å². The zero-order valence-electron chi connectivity index (χ0n) is 9.24. The average molecular weight is 202 g/mol. The molecule has 1 aromatic rings. The zero-order chi connectivity index (χ0) is 10.5. The van der Waals surface area contributed by atoms with E-state index in [1.807, 2.05) is 0 Å². The Hall–Kier alpha value is -1.02. The molecule has 2 atom stereocenters. The van der Waals surface area contributed by atoms with E-state index in [1.165, 1.54) is 24.1 Å². The second kappa shape index (κ2) is 2.99. The molecular formula is C13H18N2. The second-order valence-electron chi connectivity index (χ2n) is 4.91. The van der Waals surface area contributed by atoms with Crippen molar-refractivity contribution >= 4 is 5.69 Å². The van der Waals surface area contributed by atoms with E-state index in [0.29, 0.717) is 11.5 Å². The molecule has 1 saturated carbocycles. The van der Waals surface area contributed by atoms with E-state index in [4.69, 9.17) is 5.73 Å². The Morgan fingerprint density at radius 1 is 1.47 bits per heavy atom. The van der Waals surface area contributed by atoms with Gasteiger partial charge in [0.15, 0.2) is 0 Å². The minimum atomic E-state index is 0.311. The zero-order valence-corrected chi connectivity index (χ0v) is 9.24. The predicted octanol–water partition coefficient (Wildman–Crippen LogP) is 1.89. The molecule has 2 nitrogen and oxygen atoms in total. The summed E-state index contributed by atoms with van der Waals surface area (Å²) in [6, 6.07) is 9.17. The van der Waals surface area contributed by atoms with Crippen LogP contribution in [0.3, 0.4) is 0 Å². The summed E-state index contributed by atoms with van der Waals surface area (Å²) in [6.45, 7) is 4.53. The largest absolute Gasteiger partial charge is 0.370 e. The van der Waals surface area contributed by atoms with Crippen molar-refractivity contribution in [2.45, 2.75) is 31.2 Å². The van der Waals surface area contributed by atoms with Crippen LogP contribution in [0.25, 0.3) is 0 Å². The van der Waals surface area contributed by atoms with Crippen LogP contribution >= 0.6 is 0 Å². The van der Waals surface area contributed by atoms with Crippen molar-refractivity contribution in [1.29, 1.82) is 0 Å². The Balaban J connectivity index is 2.01. The van der Waals surface area contributed by atoms with Gasteiger partial charge in [-0.3, -0.25) is 0 Å². The molecule has 1 aliphatic heterocycles. The van der Waals surface area contributed by atoms with Crippen LogP contribution in [-0.2, 0) is 5.41 Å². The first-order chi connectivity index (χ1) is 7.28. The van der Waals surface area contributed by atoms with E-state index >= 15 is 0 Å². The lowest BCUT2D eigenvalue weighted by Crippen LogP contribution is -2.28. The van der Waals surface area contributed by atoms with E-state index < -0.39 is 0 Å². The normalized spacial score (nSPS) is 32.1. The molecule has 0 saturated heterocycles. The number of nitrogens with two attached hydrogens (primary N) is 1. The van der Waals surface area contributed by atoms with Crippen molar-refractivity contribution < 1.29 is 0 Å². The van der Waals surface area contributed by atoms with Gasteiger partial charge < -0.3 is 10.6 Å². The quantitative estimate of drug-likeness (QED) is 0.793. The Morgan fingerprint density at radius 3 is 2.87 bits per heavy atom. The molecule has 2 aliphatic rings. The van der Waals surface area contributed by atoms with Gasteiger partial charge in [-0.15, -0.1) is 0 Å². The monoisotopic (exact) mass is 202 g/mol. The van der Waals surface area contributed by atoms with Gasteiger partial charge in [0, 0.05) is 30.2 Å². The van der Waals surface area contributed by atoms with Gasteiger partial charge in [-0.1, -0.05) is 25.1 Å². The lowest BCUT2D eigenvalue weighted by Gasteiger charge is -2.18. The molecule has 3 rings (SSSR count). The highest BCUT2D eigenvalue weighted by Gasteiger charge is 2.58. The highest BCUT2D eigenvalue weighted by molar-refractivity contribution is 5.66. The minimum absolute atomic E-state index is 0.311. The van der Waals surface area contributed by atoms with Gasteiger partial charge >= 0.3 is 0 Å². The van der Waals surface area contributed by atoms with Crippen LogP contribution in [0, 0.1) is 0 Å². The first-order valence-corrected chi connectivity index (χ1v) is 5.88. The average Bonchev–Trinajstić information content (AvgIpc) is 2.78. The first kappa shape index (κ1) is 9.22. The molecule has 80 valence electrons.